The molecule has 1 aromatic carbocycles. The SMILES string of the molecule is CONc1ncnc2c1ccn2[C@@H]1C[C@H](CCc2ccc3cc(Br)c(N)nc3c2)[C@@H](O)[C@H]1O. The van der Waals surface area contributed by atoms with Crippen molar-refractivity contribution in [2.75, 3.05) is 18.3 Å². The van der Waals surface area contributed by atoms with E-state index < -0.39 is 12.2 Å². The van der Waals surface area contributed by atoms with Gasteiger partial charge in [0.2, 0.25) is 0 Å². The minimum absolute atomic E-state index is 0.0421. The van der Waals surface area contributed by atoms with Crippen LogP contribution < -0.4 is 11.2 Å². The molecule has 1 saturated carbocycles. The van der Waals surface area contributed by atoms with Crippen LogP contribution >= 0.6 is 15.9 Å². The molecule has 0 radical (unpaired) electrons. The van der Waals surface area contributed by atoms with Gasteiger partial charge in [-0.15, -0.1) is 0 Å². The van der Waals surface area contributed by atoms with E-state index in [0.717, 1.165) is 39.2 Å². The molecule has 33 heavy (non-hydrogen) atoms. The molecular weight excluding hydrogens is 488 g/mol. The van der Waals surface area contributed by atoms with Gasteiger partial charge < -0.3 is 20.5 Å². The standard InChI is InChI=1S/C23H25BrN6O3/c1-33-29-22-15-6-7-30(23(15)27-11-26-22)18-10-14(19(31)20(18)32)5-3-12-2-4-13-9-16(24)21(25)28-17(13)8-12/h2,4,6-9,11,14,18-20,31-32H,3,5,10H2,1H3,(H2,25,28)(H,26,27,29)/t14-,18+,19+,20-/m0/s1. The molecular formula is C23H25BrN6O3. The summed E-state index contributed by atoms with van der Waals surface area (Å²) in [6.07, 6.45) is 3.80. The first kappa shape index (κ1) is 22.0. The first-order valence-corrected chi connectivity index (χ1v) is 11.6. The molecule has 172 valence electrons. The highest BCUT2D eigenvalue weighted by molar-refractivity contribution is 9.10. The lowest BCUT2D eigenvalue weighted by atomic mass is 9.95. The molecule has 9 nitrogen and oxygen atoms in total. The summed E-state index contributed by atoms with van der Waals surface area (Å²) < 4.78 is 2.71. The van der Waals surface area contributed by atoms with Crippen LogP contribution in [0.1, 0.15) is 24.4 Å². The molecule has 0 bridgehead atoms. The molecule has 0 aliphatic heterocycles. The van der Waals surface area contributed by atoms with E-state index in [1.54, 1.807) is 0 Å². The maximum Gasteiger partial charge on any atom is 0.162 e. The van der Waals surface area contributed by atoms with Crippen molar-refractivity contribution >= 4 is 49.5 Å². The second-order valence-electron chi connectivity index (χ2n) is 8.45. The largest absolute Gasteiger partial charge is 0.390 e. The van der Waals surface area contributed by atoms with Crippen LogP contribution in [0.25, 0.3) is 21.9 Å². The predicted molar refractivity (Wildman–Crippen MR) is 129 cm³/mol. The Kier molecular flexibility index (Phi) is 5.92. The molecule has 3 heterocycles. The molecule has 1 fully saturated rings. The van der Waals surface area contributed by atoms with Gasteiger partial charge in [0.1, 0.15) is 23.9 Å². The number of aromatic nitrogens is 4. The zero-order chi connectivity index (χ0) is 23.1. The Balaban J connectivity index is 1.33. The first-order chi connectivity index (χ1) is 16.0. The zero-order valence-electron chi connectivity index (χ0n) is 18.0. The van der Waals surface area contributed by atoms with E-state index >= 15 is 0 Å². The summed E-state index contributed by atoms with van der Waals surface area (Å²) in [5.41, 5.74) is 11.3. The van der Waals surface area contributed by atoms with Gasteiger partial charge >= 0.3 is 0 Å². The van der Waals surface area contributed by atoms with Crippen molar-refractivity contribution in [1.29, 1.82) is 0 Å². The fourth-order valence-electron chi connectivity index (χ4n) is 4.79. The molecule has 5 rings (SSSR count). The lowest BCUT2D eigenvalue weighted by Crippen LogP contribution is -2.29. The quantitative estimate of drug-likeness (QED) is 0.289. The van der Waals surface area contributed by atoms with Gasteiger partial charge in [-0.1, -0.05) is 12.1 Å². The van der Waals surface area contributed by atoms with Crippen LogP contribution in [0.3, 0.4) is 0 Å². The van der Waals surface area contributed by atoms with Crippen molar-refractivity contribution in [1.82, 2.24) is 19.5 Å². The van der Waals surface area contributed by atoms with Crippen LogP contribution in [0, 0.1) is 5.92 Å². The van der Waals surface area contributed by atoms with Crippen molar-refractivity contribution in [3.05, 3.63) is 52.9 Å². The lowest BCUT2D eigenvalue weighted by molar-refractivity contribution is 0.00545. The topological polar surface area (TPSA) is 131 Å². The molecule has 1 aliphatic carbocycles. The molecule has 10 heteroatoms. The van der Waals surface area contributed by atoms with Crippen molar-refractivity contribution in [3.63, 3.8) is 0 Å². The monoisotopic (exact) mass is 512 g/mol. The van der Waals surface area contributed by atoms with Gasteiger partial charge in [-0.25, -0.2) is 20.4 Å². The van der Waals surface area contributed by atoms with Crippen LogP contribution in [-0.2, 0) is 11.3 Å². The minimum Gasteiger partial charge on any atom is -0.390 e. The fourth-order valence-corrected chi connectivity index (χ4v) is 5.12. The second-order valence-corrected chi connectivity index (χ2v) is 9.31. The fraction of sp³-hybridized carbons (Fsp3) is 0.348. The van der Waals surface area contributed by atoms with Gasteiger partial charge in [0.25, 0.3) is 0 Å². The summed E-state index contributed by atoms with van der Waals surface area (Å²) >= 11 is 3.41. The van der Waals surface area contributed by atoms with Gasteiger partial charge in [0.05, 0.1) is 34.6 Å². The number of hydrogen-bond donors (Lipinski definition) is 4. The van der Waals surface area contributed by atoms with E-state index in [2.05, 4.69) is 42.4 Å². The van der Waals surface area contributed by atoms with Gasteiger partial charge in [-0.2, -0.15) is 0 Å². The summed E-state index contributed by atoms with van der Waals surface area (Å²) in [7, 11) is 1.52. The van der Waals surface area contributed by atoms with E-state index in [1.165, 1.54) is 13.4 Å². The Hall–Kier alpha value is -2.79. The normalized spacial score (nSPS) is 22.9. The molecule has 4 atom stereocenters. The third kappa shape index (κ3) is 4.04. The summed E-state index contributed by atoms with van der Waals surface area (Å²) in [5.74, 6) is 0.978. The summed E-state index contributed by atoms with van der Waals surface area (Å²) in [5, 5.41) is 23.4. The molecule has 3 aromatic heterocycles. The third-order valence-corrected chi connectivity index (χ3v) is 7.14. The van der Waals surface area contributed by atoms with Crippen LogP contribution in [-0.4, -0.2) is 49.0 Å². The number of nitrogens with one attached hydrogen (secondary N) is 1. The first-order valence-electron chi connectivity index (χ1n) is 10.8. The molecule has 1 aliphatic rings. The highest BCUT2D eigenvalue weighted by atomic mass is 79.9. The number of nitrogens with zero attached hydrogens (tertiary/aromatic N) is 4. The number of aliphatic hydroxyl groups excluding tert-OH is 2. The maximum atomic E-state index is 10.8. The zero-order valence-corrected chi connectivity index (χ0v) is 19.6. The van der Waals surface area contributed by atoms with Crippen molar-refractivity contribution in [2.24, 2.45) is 5.92 Å². The van der Waals surface area contributed by atoms with E-state index in [9.17, 15) is 10.2 Å². The maximum absolute atomic E-state index is 10.8. The number of aliphatic hydroxyl groups is 2. The smallest absolute Gasteiger partial charge is 0.162 e. The van der Waals surface area contributed by atoms with E-state index in [-0.39, 0.29) is 12.0 Å². The summed E-state index contributed by atoms with van der Waals surface area (Å²) in [6.45, 7) is 0. The number of hydrogen-bond acceptors (Lipinski definition) is 8. The Morgan fingerprint density at radius 2 is 2.06 bits per heavy atom. The number of anilines is 2. The highest BCUT2D eigenvalue weighted by Crippen LogP contribution is 2.40. The molecule has 0 unspecified atom stereocenters. The number of nitrogens with two attached hydrogens (primary N) is 1. The summed E-state index contributed by atoms with van der Waals surface area (Å²) in [6, 6.07) is 9.71. The number of pyridine rings is 1. The van der Waals surface area contributed by atoms with Gasteiger partial charge in [0, 0.05) is 11.6 Å². The van der Waals surface area contributed by atoms with Crippen molar-refractivity contribution in [3.8, 4) is 0 Å². The number of fused-ring (bicyclic) bond motifs is 2. The Morgan fingerprint density at radius 3 is 2.88 bits per heavy atom. The van der Waals surface area contributed by atoms with E-state index in [4.69, 9.17) is 10.6 Å². The number of nitrogen functional groups attached to an aromatic ring is 1. The third-order valence-electron chi connectivity index (χ3n) is 6.50. The average Bonchev–Trinajstić information content (AvgIpc) is 3.35. The highest BCUT2D eigenvalue weighted by Gasteiger charge is 2.42. The van der Waals surface area contributed by atoms with E-state index in [0.29, 0.717) is 23.7 Å². The lowest BCUT2D eigenvalue weighted by Gasteiger charge is -2.19. The minimum atomic E-state index is -0.880. The van der Waals surface area contributed by atoms with Crippen LogP contribution in [0.4, 0.5) is 11.6 Å². The molecule has 4 aromatic rings. The van der Waals surface area contributed by atoms with E-state index in [1.807, 2.05) is 35.0 Å². The molecule has 0 spiro atoms. The van der Waals surface area contributed by atoms with Crippen LogP contribution in [0.15, 0.2) is 47.3 Å². The number of benzene rings is 1. The number of aryl methyl sites for hydroxylation is 1. The van der Waals surface area contributed by atoms with Crippen LogP contribution in [0.2, 0.25) is 0 Å². The summed E-state index contributed by atoms with van der Waals surface area (Å²) in [4.78, 5) is 18.0. The van der Waals surface area contributed by atoms with Crippen LogP contribution in [0.5, 0.6) is 0 Å². The Morgan fingerprint density at radius 1 is 1.21 bits per heavy atom. The second kappa shape index (κ2) is 8.86. The predicted octanol–water partition coefficient (Wildman–Crippen LogP) is 3.21. The van der Waals surface area contributed by atoms with Gasteiger partial charge in [-0.05, 0) is 64.9 Å². The number of halogens is 1. The number of rotatable bonds is 6. The molecule has 0 saturated heterocycles. The van der Waals surface area contributed by atoms with Crippen molar-refractivity contribution in [2.45, 2.75) is 37.5 Å². The van der Waals surface area contributed by atoms with Gasteiger partial charge in [-0.3, -0.25) is 4.84 Å². The molecule has 0 amide bonds. The molecule has 5 N–H and O–H groups in total. The Bertz CT molecular complexity index is 1310. The Labute approximate surface area is 198 Å². The average molecular weight is 513 g/mol. The van der Waals surface area contributed by atoms with Crippen molar-refractivity contribution < 1.29 is 15.1 Å². The van der Waals surface area contributed by atoms with Gasteiger partial charge in [0.15, 0.2) is 5.82 Å².